The quantitative estimate of drug-likeness (QED) is 0.926. The van der Waals surface area contributed by atoms with Crippen molar-refractivity contribution >= 4 is 17.4 Å². The molecule has 1 aliphatic rings. The molecule has 1 aromatic rings. The summed E-state index contributed by atoms with van der Waals surface area (Å²) < 4.78 is 0. The molecule has 20 heavy (non-hydrogen) atoms. The van der Waals surface area contributed by atoms with Gasteiger partial charge in [0.25, 0.3) is 0 Å². The van der Waals surface area contributed by atoms with Gasteiger partial charge in [-0.15, -0.1) is 0 Å². The molecule has 2 rings (SSSR count). The van der Waals surface area contributed by atoms with Gasteiger partial charge in [-0.05, 0) is 57.8 Å². The summed E-state index contributed by atoms with van der Waals surface area (Å²) in [5, 5.41) is 12.8. The summed E-state index contributed by atoms with van der Waals surface area (Å²) in [6.45, 7) is 1.17. The summed E-state index contributed by atoms with van der Waals surface area (Å²) >= 11 is 5.89. The minimum Gasteiger partial charge on any atom is -0.367 e. The van der Waals surface area contributed by atoms with Crippen molar-refractivity contribution in [2.45, 2.75) is 31.7 Å². The van der Waals surface area contributed by atoms with Crippen molar-refractivity contribution in [3.05, 3.63) is 22.8 Å². The minimum absolute atomic E-state index is 0.290. The highest BCUT2D eigenvalue weighted by Crippen LogP contribution is 2.27. The van der Waals surface area contributed by atoms with Gasteiger partial charge in [0.05, 0.1) is 5.02 Å². The van der Waals surface area contributed by atoms with E-state index < -0.39 is 0 Å². The molecule has 1 saturated carbocycles. The zero-order valence-corrected chi connectivity index (χ0v) is 12.8. The highest BCUT2D eigenvalue weighted by atomic mass is 35.5. The zero-order valence-electron chi connectivity index (χ0n) is 12.1. The third-order valence-electron chi connectivity index (χ3n) is 3.77. The van der Waals surface area contributed by atoms with E-state index in [2.05, 4.69) is 29.3 Å². The predicted octanol–water partition coefficient (Wildman–Crippen LogP) is 3.14. The van der Waals surface area contributed by atoms with E-state index in [1.165, 1.54) is 19.4 Å². The number of nitrogens with zero attached hydrogens (tertiary/aromatic N) is 3. The summed E-state index contributed by atoms with van der Waals surface area (Å²) in [6.07, 6.45) is 4.80. The van der Waals surface area contributed by atoms with Crippen LogP contribution in [0.15, 0.2) is 12.1 Å². The smallest absolute Gasteiger partial charge is 0.161 e. The van der Waals surface area contributed by atoms with Gasteiger partial charge in [-0.2, -0.15) is 5.26 Å². The van der Waals surface area contributed by atoms with Crippen LogP contribution in [0, 0.1) is 17.2 Å². The van der Waals surface area contributed by atoms with E-state index in [0.717, 1.165) is 24.6 Å². The maximum atomic E-state index is 8.94. The van der Waals surface area contributed by atoms with Crippen LogP contribution < -0.4 is 5.32 Å². The first-order valence-electron chi connectivity index (χ1n) is 7.06. The summed E-state index contributed by atoms with van der Waals surface area (Å²) in [5.41, 5.74) is 0.290. The van der Waals surface area contributed by atoms with Gasteiger partial charge in [0.15, 0.2) is 5.69 Å². The highest BCUT2D eigenvalue weighted by molar-refractivity contribution is 6.31. The molecule has 1 heterocycles. The van der Waals surface area contributed by atoms with Gasteiger partial charge >= 0.3 is 0 Å². The molecule has 0 bridgehead atoms. The predicted molar refractivity (Wildman–Crippen MR) is 81.9 cm³/mol. The Hall–Kier alpha value is -1.31. The number of rotatable bonds is 4. The zero-order chi connectivity index (χ0) is 14.5. The summed E-state index contributed by atoms with van der Waals surface area (Å²) in [5.74, 6) is 1.55. The Bertz CT molecular complexity index is 487. The molecule has 108 valence electrons. The van der Waals surface area contributed by atoms with E-state index in [1.54, 1.807) is 6.07 Å². The SMILES string of the molecule is CN(C)CC1CCC(Nc2ccc(Cl)c(C#N)n2)CC1. The number of nitrogens with one attached hydrogen (secondary N) is 1. The molecule has 0 aromatic carbocycles. The van der Waals surface area contributed by atoms with Gasteiger partial charge < -0.3 is 10.2 Å². The maximum Gasteiger partial charge on any atom is 0.161 e. The Labute approximate surface area is 125 Å². The van der Waals surface area contributed by atoms with Gasteiger partial charge in [-0.1, -0.05) is 11.6 Å². The first-order chi connectivity index (χ1) is 9.58. The van der Waals surface area contributed by atoms with Crippen LogP contribution in [-0.4, -0.2) is 36.6 Å². The molecule has 0 unspecified atom stereocenters. The fourth-order valence-electron chi connectivity index (χ4n) is 2.82. The second kappa shape index (κ2) is 6.92. The van der Waals surface area contributed by atoms with Crippen LogP contribution in [0.2, 0.25) is 5.02 Å². The fourth-order valence-corrected chi connectivity index (χ4v) is 2.96. The summed E-state index contributed by atoms with van der Waals surface area (Å²) in [4.78, 5) is 6.50. The van der Waals surface area contributed by atoms with Crippen LogP contribution in [0.1, 0.15) is 31.4 Å². The molecule has 0 radical (unpaired) electrons. The first-order valence-corrected chi connectivity index (χ1v) is 7.44. The molecule has 4 nitrogen and oxygen atoms in total. The van der Waals surface area contributed by atoms with E-state index in [9.17, 15) is 0 Å². The number of hydrogen-bond donors (Lipinski definition) is 1. The van der Waals surface area contributed by atoms with Crippen molar-refractivity contribution in [2.24, 2.45) is 5.92 Å². The Kier molecular flexibility index (Phi) is 5.22. The average molecular weight is 293 g/mol. The van der Waals surface area contributed by atoms with Gasteiger partial charge in [-0.25, -0.2) is 4.98 Å². The number of anilines is 1. The molecule has 1 N–H and O–H groups in total. The normalized spacial score (nSPS) is 22.6. The lowest BCUT2D eigenvalue weighted by molar-refractivity contribution is 0.255. The van der Waals surface area contributed by atoms with E-state index in [-0.39, 0.29) is 5.69 Å². The van der Waals surface area contributed by atoms with E-state index in [0.29, 0.717) is 11.1 Å². The van der Waals surface area contributed by atoms with Crippen molar-refractivity contribution in [3.63, 3.8) is 0 Å². The minimum atomic E-state index is 0.290. The number of aromatic nitrogens is 1. The van der Waals surface area contributed by atoms with E-state index in [4.69, 9.17) is 16.9 Å². The van der Waals surface area contributed by atoms with Gasteiger partial charge in [0.2, 0.25) is 0 Å². The van der Waals surface area contributed by atoms with Crippen molar-refractivity contribution in [3.8, 4) is 6.07 Å². The molecule has 0 atom stereocenters. The van der Waals surface area contributed by atoms with Crippen LogP contribution in [0.3, 0.4) is 0 Å². The maximum absolute atomic E-state index is 8.94. The lowest BCUT2D eigenvalue weighted by atomic mass is 9.86. The second-order valence-electron chi connectivity index (χ2n) is 5.76. The monoisotopic (exact) mass is 292 g/mol. The Balaban J connectivity index is 1.88. The van der Waals surface area contributed by atoms with Crippen molar-refractivity contribution in [2.75, 3.05) is 26.0 Å². The van der Waals surface area contributed by atoms with Crippen LogP contribution in [0.5, 0.6) is 0 Å². The lowest BCUT2D eigenvalue weighted by Crippen LogP contribution is -2.31. The van der Waals surface area contributed by atoms with Gasteiger partial charge in [-0.3, -0.25) is 0 Å². The molecule has 0 saturated heterocycles. The second-order valence-corrected chi connectivity index (χ2v) is 6.17. The van der Waals surface area contributed by atoms with E-state index >= 15 is 0 Å². The highest BCUT2D eigenvalue weighted by Gasteiger charge is 2.21. The fraction of sp³-hybridized carbons (Fsp3) is 0.600. The van der Waals surface area contributed by atoms with Crippen LogP contribution in [-0.2, 0) is 0 Å². The lowest BCUT2D eigenvalue weighted by Gasteiger charge is -2.31. The molecule has 0 amide bonds. The third kappa shape index (κ3) is 4.09. The van der Waals surface area contributed by atoms with Crippen LogP contribution >= 0.6 is 11.6 Å². The van der Waals surface area contributed by atoms with Crippen molar-refractivity contribution in [1.29, 1.82) is 5.26 Å². The van der Waals surface area contributed by atoms with Gasteiger partial charge in [0, 0.05) is 12.6 Å². The molecule has 1 aromatic heterocycles. The van der Waals surface area contributed by atoms with Crippen LogP contribution in [0.4, 0.5) is 5.82 Å². The third-order valence-corrected chi connectivity index (χ3v) is 4.08. The first kappa shape index (κ1) is 15.1. The summed E-state index contributed by atoms with van der Waals surface area (Å²) in [7, 11) is 4.26. The Morgan fingerprint density at radius 1 is 1.35 bits per heavy atom. The molecular formula is C15H21ClN4. The van der Waals surface area contributed by atoms with Crippen molar-refractivity contribution < 1.29 is 0 Å². The molecular weight excluding hydrogens is 272 g/mol. The van der Waals surface area contributed by atoms with E-state index in [1.807, 2.05) is 12.1 Å². The van der Waals surface area contributed by atoms with Crippen LogP contribution in [0.25, 0.3) is 0 Å². The molecule has 0 spiro atoms. The molecule has 5 heteroatoms. The Morgan fingerprint density at radius 3 is 2.65 bits per heavy atom. The number of nitriles is 1. The largest absolute Gasteiger partial charge is 0.367 e. The molecule has 1 fully saturated rings. The topological polar surface area (TPSA) is 52.0 Å². The molecule has 0 aliphatic heterocycles. The molecule has 1 aliphatic carbocycles. The summed E-state index contributed by atoms with van der Waals surface area (Å²) in [6, 6.07) is 6.04. The number of halogens is 1. The van der Waals surface area contributed by atoms with Crippen molar-refractivity contribution in [1.82, 2.24) is 9.88 Å². The standard InChI is InChI=1S/C15H21ClN4/c1-20(2)10-11-3-5-12(6-4-11)18-15-8-7-13(16)14(9-17)19-15/h7-8,11-12H,3-6,10H2,1-2H3,(H,18,19). The average Bonchev–Trinajstić information content (AvgIpc) is 2.42. The number of hydrogen-bond acceptors (Lipinski definition) is 4. The van der Waals surface area contributed by atoms with Gasteiger partial charge in [0.1, 0.15) is 11.9 Å². The Morgan fingerprint density at radius 2 is 2.05 bits per heavy atom. The number of pyridine rings is 1.